The van der Waals surface area contributed by atoms with Crippen molar-refractivity contribution in [1.29, 1.82) is 0 Å². The first-order valence-corrected chi connectivity index (χ1v) is 7.26. The zero-order chi connectivity index (χ0) is 14.8. The van der Waals surface area contributed by atoms with E-state index in [-0.39, 0.29) is 10.6 Å². The molecule has 7 nitrogen and oxygen atoms in total. The van der Waals surface area contributed by atoms with Crippen LogP contribution in [0.5, 0.6) is 0 Å². The van der Waals surface area contributed by atoms with Crippen LogP contribution in [0.1, 0.15) is 11.7 Å². The number of nitrogens with two attached hydrogens (primary N) is 1. The molecule has 0 bridgehead atoms. The first-order valence-electron chi connectivity index (χ1n) is 5.71. The minimum Gasteiger partial charge on any atom is -0.382 e. The number of nitrogens with one attached hydrogen (secondary N) is 1. The number of nitrogens with zero attached hydrogens (tertiary/aromatic N) is 2. The Bertz CT molecular complexity index is 714. The van der Waals surface area contributed by atoms with E-state index in [4.69, 9.17) is 9.66 Å². The summed E-state index contributed by atoms with van der Waals surface area (Å²) in [7, 11) is -3.90. The molecule has 0 saturated carbocycles. The van der Waals surface area contributed by atoms with Gasteiger partial charge in [0, 0.05) is 13.0 Å². The van der Waals surface area contributed by atoms with Crippen molar-refractivity contribution in [3.8, 4) is 0 Å². The Morgan fingerprint density at radius 3 is 2.75 bits per heavy atom. The van der Waals surface area contributed by atoms with Crippen LogP contribution in [0.2, 0.25) is 0 Å². The lowest BCUT2D eigenvalue weighted by Gasteiger charge is -2.07. The number of aromatic nitrogens is 2. The van der Waals surface area contributed by atoms with Gasteiger partial charge in [-0.1, -0.05) is 5.16 Å². The lowest BCUT2D eigenvalue weighted by atomic mass is 10.3. The van der Waals surface area contributed by atoms with E-state index in [2.05, 4.69) is 15.5 Å². The Morgan fingerprint density at radius 1 is 1.45 bits per heavy atom. The zero-order valence-corrected chi connectivity index (χ0v) is 11.4. The standard InChI is InChI=1S/C11H13FN4O3S/c1-7-15-11(19-16-7)4-5-14-10-3-2-8(6-9(10)12)20(13,17)18/h2-3,6,14H,4-5H2,1H3,(H2,13,17,18). The number of aryl methyl sites for hydroxylation is 1. The van der Waals surface area contributed by atoms with Gasteiger partial charge in [-0.25, -0.2) is 17.9 Å². The SMILES string of the molecule is Cc1noc(CCNc2ccc(S(N)(=O)=O)cc2F)n1. The van der Waals surface area contributed by atoms with Crippen LogP contribution in [0, 0.1) is 12.7 Å². The Hall–Kier alpha value is -2.00. The summed E-state index contributed by atoms with van der Waals surface area (Å²) in [5.41, 5.74) is 0.175. The molecule has 0 aliphatic heterocycles. The maximum atomic E-state index is 13.7. The number of sulfonamides is 1. The monoisotopic (exact) mass is 300 g/mol. The van der Waals surface area contributed by atoms with Crippen LogP contribution >= 0.6 is 0 Å². The van der Waals surface area contributed by atoms with Gasteiger partial charge in [0.15, 0.2) is 5.82 Å². The predicted octanol–water partition coefficient (Wildman–Crippen LogP) is 0.819. The lowest BCUT2D eigenvalue weighted by Crippen LogP contribution is -2.13. The van der Waals surface area contributed by atoms with Gasteiger partial charge in [0.2, 0.25) is 15.9 Å². The third-order valence-electron chi connectivity index (χ3n) is 2.49. The average molecular weight is 300 g/mol. The summed E-state index contributed by atoms with van der Waals surface area (Å²) < 4.78 is 40.7. The van der Waals surface area contributed by atoms with Crippen molar-refractivity contribution in [2.75, 3.05) is 11.9 Å². The fourth-order valence-corrected chi connectivity index (χ4v) is 2.09. The second-order valence-corrected chi connectivity index (χ2v) is 5.66. The van der Waals surface area contributed by atoms with Crippen molar-refractivity contribution < 1.29 is 17.3 Å². The highest BCUT2D eigenvalue weighted by Gasteiger charge is 2.11. The number of rotatable bonds is 5. The van der Waals surface area contributed by atoms with E-state index in [1.165, 1.54) is 12.1 Å². The average Bonchev–Trinajstić information content (AvgIpc) is 2.76. The number of hydrogen-bond acceptors (Lipinski definition) is 6. The molecule has 0 radical (unpaired) electrons. The van der Waals surface area contributed by atoms with E-state index >= 15 is 0 Å². The van der Waals surface area contributed by atoms with Crippen LogP contribution < -0.4 is 10.5 Å². The molecular formula is C11H13FN4O3S. The molecule has 20 heavy (non-hydrogen) atoms. The van der Waals surface area contributed by atoms with E-state index in [0.717, 1.165) is 6.07 Å². The van der Waals surface area contributed by atoms with Gasteiger partial charge in [-0.3, -0.25) is 0 Å². The maximum Gasteiger partial charge on any atom is 0.238 e. The van der Waals surface area contributed by atoms with Crippen LogP contribution in [-0.4, -0.2) is 25.1 Å². The molecule has 108 valence electrons. The molecule has 0 aliphatic carbocycles. The molecule has 1 aromatic carbocycles. The van der Waals surface area contributed by atoms with E-state index in [1.807, 2.05) is 0 Å². The Labute approximate surface area is 115 Å². The minimum absolute atomic E-state index is 0.175. The molecule has 2 rings (SSSR count). The summed E-state index contributed by atoms with van der Waals surface area (Å²) in [5.74, 6) is 0.276. The van der Waals surface area contributed by atoms with Gasteiger partial charge in [0.25, 0.3) is 0 Å². The van der Waals surface area contributed by atoms with Gasteiger partial charge in [0.1, 0.15) is 5.82 Å². The fraction of sp³-hybridized carbons (Fsp3) is 0.273. The van der Waals surface area contributed by atoms with Crippen molar-refractivity contribution in [2.24, 2.45) is 5.14 Å². The van der Waals surface area contributed by atoms with E-state index in [9.17, 15) is 12.8 Å². The largest absolute Gasteiger partial charge is 0.382 e. The topological polar surface area (TPSA) is 111 Å². The van der Waals surface area contributed by atoms with Crippen molar-refractivity contribution in [1.82, 2.24) is 10.1 Å². The molecule has 0 amide bonds. The highest BCUT2D eigenvalue weighted by Crippen LogP contribution is 2.18. The summed E-state index contributed by atoms with van der Waals surface area (Å²) in [6, 6.07) is 3.42. The van der Waals surface area contributed by atoms with Crippen molar-refractivity contribution in [2.45, 2.75) is 18.2 Å². The van der Waals surface area contributed by atoms with Crippen LogP contribution in [0.15, 0.2) is 27.6 Å². The summed E-state index contributed by atoms with van der Waals surface area (Å²) >= 11 is 0. The second kappa shape index (κ2) is 5.55. The van der Waals surface area contributed by atoms with Gasteiger partial charge in [-0.2, -0.15) is 4.98 Å². The smallest absolute Gasteiger partial charge is 0.238 e. The first kappa shape index (κ1) is 14.4. The van der Waals surface area contributed by atoms with Crippen LogP contribution in [0.25, 0.3) is 0 Å². The second-order valence-electron chi connectivity index (χ2n) is 4.10. The normalized spacial score (nSPS) is 11.6. The van der Waals surface area contributed by atoms with Gasteiger partial charge in [-0.05, 0) is 25.1 Å². The molecule has 0 spiro atoms. The number of primary sulfonamides is 1. The summed E-state index contributed by atoms with van der Waals surface area (Å²) in [4.78, 5) is 3.73. The third kappa shape index (κ3) is 3.52. The van der Waals surface area contributed by atoms with Crippen molar-refractivity contribution in [3.63, 3.8) is 0 Å². The van der Waals surface area contributed by atoms with Crippen LogP contribution in [-0.2, 0) is 16.4 Å². The fourth-order valence-electron chi connectivity index (χ4n) is 1.56. The predicted molar refractivity (Wildman–Crippen MR) is 69.0 cm³/mol. The minimum atomic E-state index is -3.90. The highest BCUT2D eigenvalue weighted by atomic mass is 32.2. The molecule has 1 heterocycles. The van der Waals surface area contributed by atoms with Gasteiger partial charge >= 0.3 is 0 Å². The Morgan fingerprint density at radius 2 is 2.20 bits per heavy atom. The maximum absolute atomic E-state index is 13.7. The van der Waals surface area contributed by atoms with Crippen LogP contribution in [0.3, 0.4) is 0 Å². The third-order valence-corrected chi connectivity index (χ3v) is 3.40. The summed E-state index contributed by atoms with van der Waals surface area (Å²) in [6.45, 7) is 2.07. The lowest BCUT2D eigenvalue weighted by molar-refractivity contribution is 0.377. The van der Waals surface area contributed by atoms with Crippen LogP contribution in [0.4, 0.5) is 10.1 Å². The summed E-state index contributed by atoms with van der Waals surface area (Å²) in [6.07, 6.45) is 0.428. The highest BCUT2D eigenvalue weighted by molar-refractivity contribution is 7.89. The zero-order valence-electron chi connectivity index (χ0n) is 10.6. The molecule has 9 heteroatoms. The molecule has 0 fully saturated rings. The molecule has 3 N–H and O–H groups in total. The molecule has 0 atom stereocenters. The van der Waals surface area contributed by atoms with Crippen molar-refractivity contribution in [3.05, 3.63) is 35.7 Å². The van der Waals surface area contributed by atoms with Crippen molar-refractivity contribution >= 4 is 15.7 Å². The number of halogens is 1. The summed E-state index contributed by atoms with van der Waals surface area (Å²) in [5, 5.41) is 11.4. The molecule has 0 unspecified atom stereocenters. The molecule has 0 saturated heterocycles. The quantitative estimate of drug-likeness (QED) is 0.845. The molecule has 2 aromatic rings. The van der Waals surface area contributed by atoms with E-state index in [1.54, 1.807) is 6.92 Å². The molecule has 1 aromatic heterocycles. The van der Waals surface area contributed by atoms with E-state index < -0.39 is 15.8 Å². The molecule has 0 aliphatic rings. The van der Waals surface area contributed by atoms with Gasteiger partial charge in [-0.15, -0.1) is 0 Å². The first-order chi connectivity index (χ1) is 9.36. The number of anilines is 1. The van der Waals surface area contributed by atoms with E-state index in [0.29, 0.717) is 24.7 Å². The number of benzene rings is 1. The number of hydrogen-bond donors (Lipinski definition) is 2. The Balaban J connectivity index is 2.00. The van der Waals surface area contributed by atoms with Gasteiger partial charge < -0.3 is 9.84 Å². The Kier molecular flexibility index (Phi) is 4.00. The van der Waals surface area contributed by atoms with Gasteiger partial charge in [0.05, 0.1) is 10.6 Å². The molecular weight excluding hydrogens is 287 g/mol.